The zero-order chi connectivity index (χ0) is 42.4. The molecule has 2 N–H and O–H groups in total. The molecule has 9 rings (SSSR count). The smallest absolute Gasteiger partial charge is 0.355 e. The Balaban J connectivity index is 1.09. The van der Waals surface area contributed by atoms with E-state index in [-0.39, 0.29) is 58.7 Å². The summed E-state index contributed by atoms with van der Waals surface area (Å²) < 4.78 is 14.3. The van der Waals surface area contributed by atoms with Gasteiger partial charge in [-0.15, -0.1) is 0 Å². The molecule has 13 nitrogen and oxygen atoms in total. The number of hydrogen-bond acceptors (Lipinski definition) is 8. The van der Waals surface area contributed by atoms with Crippen molar-refractivity contribution >= 4 is 43.1 Å². The minimum absolute atomic E-state index is 0.0373. The van der Waals surface area contributed by atoms with Gasteiger partial charge >= 0.3 is 5.97 Å². The molecule has 2 amide bonds. The number of nitro groups is 1. The molecule has 6 aliphatic rings. The number of nitrogens with two attached hydrogens (primary N) is 1. The Morgan fingerprint density at radius 3 is 2.12 bits per heavy atom. The molecule has 0 spiro atoms. The predicted octanol–water partition coefficient (Wildman–Crippen LogP) is 5.79. The number of rotatable bonds is 12. The lowest BCUT2D eigenvalue weighted by Crippen LogP contribution is -2.75. The van der Waals surface area contributed by atoms with Gasteiger partial charge in [-0.2, -0.15) is 0 Å². The summed E-state index contributed by atoms with van der Waals surface area (Å²) in [6.07, 6.45) is -0.375. The van der Waals surface area contributed by atoms with Crippen molar-refractivity contribution in [2.45, 2.75) is 78.0 Å². The maximum Gasteiger partial charge on any atom is 0.355 e. The molecule has 0 radical (unpaired) electrons. The first-order chi connectivity index (χ1) is 27.7. The molecule has 14 heteroatoms. The van der Waals surface area contributed by atoms with E-state index in [9.17, 15) is 29.3 Å². The number of nitrogens with zero attached hydrogens (tertiary/aromatic N) is 4. The number of β-lactam (4-membered cyclic amide) rings is 1. The van der Waals surface area contributed by atoms with E-state index in [2.05, 4.69) is 39.9 Å². The molecule has 2 bridgehead atoms. The minimum Gasteiger partial charge on any atom is -0.456 e. The van der Waals surface area contributed by atoms with Gasteiger partial charge in [0.2, 0.25) is 5.91 Å². The van der Waals surface area contributed by atoms with Crippen molar-refractivity contribution in [1.82, 2.24) is 4.90 Å². The standard InChI is InChI=1S/C45H54N5O8Si/c1-27-38(31-11-15-34-35(23-31)33-14-10-30(22-36(33)42(34)52)24-49-16-19-50(20-17-49,21-18-49)25-37(46)51)41(44(54)57-26-29-8-12-32(13-9-29)48(55)56)47-40(27)39(43(47)53)28(2)58-59(6,7)45(3,4)5/h8-15,22-23,27-28,39-40H,16-21,24-26H2,1-7H3,(H-,46,51)/q+1/p+1/t27-,28+,39+,40+,49?,50?/m0/s1. The summed E-state index contributed by atoms with van der Waals surface area (Å²) in [4.78, 5) is 66.5. The average Bonchev–Trinajstić information content (AvgIpc) is 3.60. The lowest BCUT2D eigenvalue weighted by Gasteiger charge is -2.55. The number of esters is 1. The molecule has 5 heterocycles. The van der Waals surface area contributed by atoms with E-state index < -0.39 is 25.1 Å². The van der Waals surface area contributed by atoms with Gasteiger partial charge in [0.15, 0.2) is 20.6 Å². The largest absolute Gasteiger partial charge is 0.456 e. The van der Waals surface area contributed by atoms with Crippen molar-refractivity contribution in [1.29, 1.82) is 0 Å². The van der Waals surface area contributed by atoms with Crippen LogP contribution >= 0.6 is 0 Å². The Hall–Kier alpha value is -5.02. The van der Waals surface area contributed by atoms with Crippen molar-refractivity contribution < 1.29 is 42.2 Å². The summed E-state index contributed by atoms with van der Waals surface area (Å²) in [6, 6.07) is 17.4. The van der Waals surface area contributed by atoms with Gasteiger partial charge in [0.1, 0.15) is 58.1 Å². The topological polar surface area (TPSA) is 159 Å². The summed E-state index contributed by atoms with van der Waals surface area (Å²) in [7, 11) is -2.24. The van der Waals surface area contributed by atoms with Crippen LogP contribution in [0.1, 0.15) is 67.2 Å². The van der Waals surface area contributed by atoms with Gasteiger partial charge in [-0.3, -0.25) is 24.5 Å². The highest BCUT2D eigenvalue weighted by molar-refractivity contribution is 6.74. The Kier molecular flexibility index (Phi) is 9.89. The van der Waals surface area contributed by atoms with Crippen LogP contribution in [0.4, 0.5) is 5.69 Å². The van der Waals surface area contributed by atoms with E-state index >= 15 is 0 Å². The summed E-state index contributed by atoms with van der Waals surface area (Å²) in [5, 5.41) is 11.1. The average molecular weight is 822 g/mol. The van der Waals surface area contributed by atoms with Gasteiger partial charge in [-0.25, -0.2) is 4.79 Å². The van der Waals surface area contributed by atoms with Crippen LogP contribution in [0, 0.1) is 22.0 Å². The second kappa shape index (κ2) is 14.3. The van der Waals surface area contributed by atoms with Crippen molar-refractivity contribution in [3.63, 3.8) is 0 Å². The number of fused-ring (bicyclic) bond motifs is 7. The highest BCUT2D eigenvalue weighted by Gasteiger charge is 2.61. The van der Waals surface area contributed by atoms with Crippen LogP contribution in [0.5, 0.6) is 0 Å². The fourth-order valence-electron chi connectivity index (χ4n) is 10.1. The lowest BCUT2D eigenvalue weighted by molar-refractivity contribution is -1.08. The molecule has 1 aliphatic carbocycles. The number of nitro benzene ring substituents is 1. The Morgan fingerprint density at radius 2 is 1.51 bits per heavy atom. The normalized spacial score (nSPS) is 26.3. The van der Waals surface area contributed by atoms with Crippen LogP contribution in [0.3, 0.4) is 0 Å². The number of quaternary nitrogens is 2. The van der Waals surface area contributed by atoms with Gasteiger partial charge in [-0.1, -0.05) is 45.9 Å². The molecule has 5 aliphatic heterocycles. The van der Waals surface area contributed by atoms with Crippen molar-refractivity contribution in [2.75, 3.05) is 45.8 Å². The molecule has 0 aromatic heterocycles. The summed E-state index contributed by atoms with van der Waals surface area (Å²) in [5.74, 6) is -1.85. The van der Waals surface area contributed by atoms with E-state index in [0.717, 1.165) is 77.0 Å². The lowest BCUT2D eigenvalue weighted by atomic mass is 9.76. The molecule has 4 fully saturated rings. The third-order valence-electron chi connectivity index (χ3n) is 14.5. The number of carbonyl (C=O) groups is 4. The number of amides is 2. The molecular formula is C45H55N5O8Si+2. The number of piperazine rings is 3. The van der Waals surface area contributed by atoms with Crippen molar-refractivity contribution in [3.05, 3.63) is 104 Å². The van der Waals surface area contributed by atoms with Gasteiger partial charge in [-0.05, 0) is 83.2 Å². The molecule has 3 aromatic rings. The van der Waals surface area contributed by atoms with Crippen LogP contribution in [0.2, 0.25) is 18.1 Å². The number of ketones is 1. The highest BCUT2D eigenvalue weighted by atomic mass is 28.4. The second-order valence-corrected chi connectivity index (χ2v) is 23.9. The Labute approximate surface area is 346 Å². The van der Waals surface area contributed by atoms with E-state index in [1.54, 1.807) is 17.0 Å². The number of primary amides is 1. The quantitative estimate of drug-likeness (QED) is 0.0470. The van der Waals surface area contributed by atoms with Crippen LogP contribution in [0.15, 0.2) is 66.4 Å². The van der Waals surface area contributed by atoms with Crippen molar-refractivity contribution in [3.8, 4) is 11.1 Å². The molecule has 4 atom stereocenters. The Morgan fingerprint density at radius 1 is 0.898 bits per heavy atom. The molecule has 59 heavy (non-hydrogen) atoms. The van der Waals surface area contributed by atoms with Crippen LogP contribution in [-0.2, 0) is 36.7 Å². The SMILES string of the molecule is C[C@@H](O[Si](C)(C)C(C)(C)C)[C@H]1C(=O)N2C(C(=O)OCc3ccc([N+](=O)[O-])cc3)=C(c3ccc4c(c3)-c3ccc(C[N+]56CC[N+](CC(N)=O)(CC5)CC6)cc3C4=O)[C@H](C)[C@H]12. The molecule has 3 aromatic carbocycles. The summed E-state index contributed by atoms with van der Waals surface area (Å²) >= 11 is 0. The number of benzene rings is 3. The number of ether oxygens (including phenoxy) is 1. The minimum atomic E-state index is -2.24. The van der Waals surface area contributed by atoms with E-state index in [1.165, 1.54) is 12.1 Å². The number of carbonyl (C=O) groups excluding carboxylic acids is 4. The first-order valence-electron chi connectivity index (χ1n) is 20.7. The van der Waals surface area contributed by atoms with E-state index in [1.807, 2.05) is 44.2 Å². The zero-order valence-electron chi connectivity index (χ0n) is 35.1. The fraction of sp³-hybridized carbons (Fsp3) is 0.467. The molecule has 0 saturated carbocycles. The molecule has 4 saturated heterocycles. The van der Waals surface area contributed by atoms with Gasteiger partial charge < -0.3 is 28.8 Å². The molecule has 310 valence electrons. The maximum atomic E-state index is 14.2. The first-order valence-corrected chi connectivity index (χ1v) is 23.6. The van der Waals surface area contributed by atoms with Gasteiger partial charge in [0.25, 0.3) is 11.6 Å². The fourth-order valence-corrected chi connectivity index (χ4v) is 11.5. The van der Waals surface area contributed by atoms with E-state index in [0.29, 0.717) is 28.8 Å². The van der Waals surface area contributed by atoms with Crippen LogP contribution in [-0.4, -0.2) is 109 Å². The Bertz CT molecular complexity index is 2310. The number of non-ortho nitro benzene ring substituents is 1. The van der Waals surface area contributed by atoms with Gasteiger partial charge in [0.05, 0.1) is 23.0 Å². The van der Waals surface area contributed by atoms with Gasteiger partial charge in [0, 0.05) is 34.7 Å². The predicted molar refractivity (Wildman–Crippen MR) is 224 cm³/mol. The molecular weight excluding hydrogens is 767 g/mol. The third-order valence-corrected chi connectivity index (χ3v) is 19.1. The van der Waals surface area contributed by atoms with Crippen molar-refractivity contribution in [2.24, 2.45) is 17.6 Å². The maximum absolute atomic E-state index is 14.2. The summed E-state index contributed by atoms with van der Waals surface area (Å²) in [6.45, 7) is 21.6. The number of hydrogen-bond donors (Lipinski definition) is 1. The highest BCUT2D eigenvalue weighted by Crippen LogP contribution is 2.53. The van der Waals surface area contributed by atoms with Crippen LogP contribution in [0.25, 0.3) is 16.7 Å². The third kappa shape index (κ3) is 6.93. The summed E-state index contributed by atoms with van der Waals surface area (Å²) in [5.41, 5.74) is 11.7. The second-order valence-electron chi connectivity index (χ2n) is 19.1. The zero-order valence-corrected chi connectivity index (χ0v) is 36.1. The monoisotopic (exact) mass is 821 g/mol. The van der Waals surface area contributed by atoms with Crippen LogP contribution < -0.4 is 5.73 Å². The molecule has 0 unspecified atom stereocenters. The first kappa shape index (κ1) is 40.7. The van der Waals surface area contributed by atoms with E-state index in [4.69, 9.17) is 14.9 Å².